The van der Waals surface area contributed by atoms with E-state index >= 15 is 0 Å². The minimum Gasteiger partial charge on any atom is -0.481 e. The molecule has 6 heteroatoms. The standard InChI is InChI=1S/C25H26ClN3O2/c1-16-12-22(26)25(28-14-16)29-21-10-11-23(27-15-21)20-8-6-19(7-9-20)18-4-2-17(3-5-18)13-24(30)31/h6-12,14-15,17-18H,2-5,13H2,1H3,(H,28,29)(H,30,31). The van der Waals surface area contributed by atoms with Gasteiger partial charge in [0.25, 0.3) is 0 Å². The van der Waals surface area contributed by atoms with E-state index in [4.69, 9.17) is 16.7 Å². The number of benzene rings is 1. The monoisotopic (exact) mass is 435 g/mol. The van der Waals surface area contributed by atoms with E-state index < -0.39 is 5.97 Å². The van der Waals surface area contributed by atoms with Crippen molar-refractivity contribution in [3.05, 3.63) is 71.0 Å². The zero-order chi connectivity index (χ0) is 21.8. The summed E-state index contributed by atoms with van der Waals surface area (Å²) in [5.41, 5.74) is 5.15. The van der Waals surface area contributed by atoms with Gasteiger partial charge >= 0.3 is 5.97 Å². The normalized spacial score (nSPS) is 18.5. The Hall–Kier alpha value is -2.92. The van der Waals surface area contributed by atoms with E-state index in [0.717, 1.165) is 48.2 Å². The summed E-state index contributed by atoms with van der Waals surface area (Å²) >= 11 is 6.24. The molecule has 160 valence electrons. The molecule has 4 rings (SSSR count). The maximum atomic E-state index is 10.9. The van der Waals surface area contributed by atoms with Crippen molar-refractivity contribution in [1.82, 2.24) is 9.97 Å². The number of aryl methyl sites for hydroxylation is 1. The van der Waals surface area contributed by atoms with Gasteiger partial charge in [0.2, 0.25) is 0 Å². The van der Waals surface area contributed by atoms with Crippen molar-refractivity contribution >= 4 is 29.1 Å². The molecule has 1 aromatic carbocycles. The van der Waals surface area contributed by atoms with Crippen LogP contribution in [-0.2, 0) is 4.79 Å². The van der Waals surface area contributed by atoms with Gasteiger partial charge in [0.15, 0.2) is 0 Å². The number of anilines is 2. The van der Waals surface area contributed by atoms with Crippen LogP contribution in [0, 0.1) is 12.8 Å². The molecular formula is C25H26ClN3O2. The summed E-state index contributed by atoms with van der Waals surface area (Å²) in [4.78, 5) is 19.8. The first-order chi connectivity index (χ1) is 15.0. The van der Waals surface area contributed by atoms with Crippen LogP contribution in [0.4, 0.5) is 11.5 Å². The first-order valence-corrected chi connectivity index (χ1v) is 11.0. The molecule has 0 aliphatic heterocycles. The van der Waals surface area contributed by atoms with Crippen LogP contribution in [0.5, 0.6) is 0 Å². The average molecular weight is 436 g/mol. The van der Waals surface area contributed by atoms with Crippen LogP contribution in [0.15, 0.2) is 54.9 Å². The van der Waals surface area contributed by atoms with E-state index in [1.165, 1.54) is 5.56 Å². The van der Waals surface area contributed by atoms with E-state index in [1.807, 2.05) is 25.1 Å². The number of carboxylic acids is 1. The molecule has 0 atom stereocenters. The lowest BCUT2D eigenvalue weighted by Crippen LogP contribution is -2.16. The first-order valence-electron chi connectivity index (χ1n) is 10.7. The molecule has 1 fully saturated rings. The number of carbonyl (C=O) groups is 1. The van der Waals surface area contributed by atoms with Crippen molar-refractivity contribution in [2.45, 2.75) is 44.9 Å². The number of hydrogen-bond donors (Lipinski definition) is 2. The summed E-state index contributed by atoms with van der Waals surface area (Å²) in [6, 6.07) is 14.4. The van der Waals surface area contributed by atoms with Crippen LogP contribution in [0.25, 0.3) is 11.3 Å². The van der Waals surface area contributed by atoms with E-state index in [-0.39, 0.29) is 0 Å². The molecule has 0 radical (unpaired) electrons. The lowest BCUT2D eigenvalue weighted by atomic mass is 9.77. The van der Waals surface area contributed by atoms with Gasteiger partial charge in [0.05, 0.1) is 22.6 Å². The molecule has 5 nitrogen and oxygen atoms in total. The van der Waals surface area contributed by atoms with Gasteiger partial charge in [-0.05, 0) is 73.8 Å². The van der Waals surface area contributed by atoms with Crippen molar-refractivity contribution in [1.29, 1.82) is 0 Å². The largest absolute Gasteiger partial charge is 0.481 e. The zero-order valence-corrected chi connectivity index (χ0v) is 18.3. The van der Waals surface area contributed by atoms with Crippen molar-refractivity contribution < 1.29 is 9.90 Å². The van der Waals surface area contributed by atoms with Gasteiger partial charge in [0.1, 0.15) is 5.82 Å². The SMILES string of the molecule is Cc1cnc(Nc2ccc(-c3ccc(C4CCC(CC(=O)O)CC4)cc3)nc2)c(Cl)c1. The smallest absolute Gasteiger partial charge is 0.303 e. The minimum absolute atomic E-state index is 0.300. The molecule has 31 heavy (non-hydrogen) atoms. The highest BCUT2D eigenvalue weighted by molar-refractivity contribution is 6.33. The fourth-order valence-corrected chi connectivity index (χ4v) is 4.54. The maximum Gasteiger partial charge on any atom is 0.303 e. The van der Waals surface area contributed by atoms with Crippen molar-refractivity contribution in [2.75, 3.05) is 5.32 Å². The highest BCUT2D eigenvalue weighted by Crippen LogP contribution is 2.37. The molecule has 1 aliphatic carbocycles. The third-order valence-electron chi connectivity index (χ3n) is 5.99. The molecule has 0 unspecified atom stereocenters. The lowest BCUT2D eigenvalue weighted by molar-refractivity contribution is -0.138. The second kappa shape index (κ2) is 9.48. The van der Waals surface area contributed by atoms with Crippen molar-refractivity contribution in [3.63, 3.8) is 0 Å². The Morgan fingerprint density at radius 1 is 1.06 bits per heavy atom. The third kappa shape index (κ3) is 5.42. The second-order valence-corrected chi connectivity index (χ2v) is 8.74. The van der Waals surface area contributed by atoms with Crippen LogP contribution in [0.2, 0.25) is 5.02 Å². The summed E-state index contributed by atoms with van der Waals surface area (Å²) in [6.07, 6.45) is 7.97. The van der Waals surface area contributed by atoms with Gasteiger partial charge < -0.3 is 10.4 Å². The molecule has 2 aromatic heterocycles. The predicted octanol–water partition coefficient (Wildman–Crippen LogP) is 6.60. The number of nitrogens with one attached hydrogen (secondary N) is 1. The summed E-state index contributed by atoms with van der Waals surface area (Å²) < 4.78 is 0. The Kier molecular flexibility index (Phi) is 6.52. The molecule has 0 spiro atoms. The maximum absolute atomic E-state index is 10.9. The molecule has 0 amide bonds. The molecule has 1 saturated carbocycles. The van der Waals surface area contributed by atoms with Gasteiger partial charge in [-0.15, -0.1) is 0 Å². The molecule has 2 N–H and O–H groups in total. The molecule has 2 heterocycles. The van der Waals surface area contributed by atoms with E-state index in [0.29, 0.717) is 29.1 Å². The van der Waals surface area contributed by atoms with Gasteiger partial charge in [-0.1, -0.05) is 35.9 Å². The lowest BCUT2D eigenvalue weighted by Gasteiger charge is -2.28. The molecular weight excluding hydrogens is 410 g/mol. The topological polar surface area (TPSA) is 75.1 Å². The predicted molar refractivity (Wildman–Crippen MR) is 124 cm³/mol. The number of aliphatic carboxylic acids is 1. The van der Waals surface area contributed by atoms with Crippen LogP contribution >= 0.6 is 11.6 Å². The average Bonchev–Trinajstić information content (AvgIpc) is 2.77. The number of nitrogens with zero attached hydrogens (tertiary/aromatic N) is 2. The molecule has 0 saturated heterocycles. The summed E-state index contributed by atoms with van der Waals surface area (Å²) in [7, 11) is 0. The minimum atomic E-state index is -0.681. The highest BCUT2D eigenvalue weighted by Gasteiger charge is 2.23. The zero-order valence-electron chi connectivity index (χ0n) is 17.5. The highest BCUT2D eigenvalue weighted by atomic mass is 35.5. The Labute approximate surface area is 187 Å². The number of rotatable bonds is 6. The summed E-state index contributed by atoms with van der Waals surface area (Å²) in [6.45, 7) is 1.95. The Morgan fingerprint density at radius 2 is 1.81 bits per heavy atom. The Bertz CT molecular complexity index is 1040. The summed E-state index contributed by atoms with van der Waals surface area (Å²) in [5.74, 6) is 0.781. The molecule has 0 bridgehead atoms. The van der Waals surface area contributed by atoms with Crippen molar-refractivity contribution in [2.24, 2.45) is 5.92 Å². The van der Waals surface area contributed by atoms with Crippen molar-refractivity contribution in [3.8, 4) is 11.3 Å². The van der Waals surface area contributed by atoms with Crippen LogP contribution in [0.3, 0.4) is 0 Å². The van der Waals surface area contributed by atoms with E-state index in [1.54, 1.807) is 12.4 Å². The first kappa shape index (κ1) is 21.3. The Balaban J connectivity index is 1.38. The van der Waals surface area contributed by atoms with Crippen LogP contribution in [0.1, 0.15) is 49.1 Å². The summed E-state index contributed by atoms with van der Waals surface area (Å²) in [5, 5.41) is 12.8. The van der Waals surface area contributed by atoms with E-state index in [9.17, 15) is 4.79 Å². The second-order valence-electron chi connectivity index (χ2n) is 8.34. The fourth-order valence-electron chi connectivity index (χ4n) is 4.27. The van der Waals surface area contributed by atoms with E-state index in [2.05, 4.69) is 39.6 Å². The number of halogens is 1. The van der Waals surface area contributed by atoms with Crippen LogP contribution < -0.4 is 5.32 Å². The van der Waals surface area contributed by atoms with Gasteiger partial charge in [0, 0.05) is 18.2 Å². The number of aromatic nitrogens is 2. The van der Waals surface area contributed by atoms with Gasteiger partial charge in [-0.2, -0.15) is 0 Å². The molecule has 3 aromatic rings. The van der Waals surface area contributed by atoms with Gasteiger partial charge in [-0.3, -0.25) is 9.78 Å². The number of pyridine rings is 2. The number of carboxylic acid groups (broad SMARTS) is 1. The third-order valence-corrected chi connectivity index (χ3v) is 6.28. The number of hydrogen-bond acceptors (Lipinski definition) is 4. The quantitative estimate of drug-likeness (QED) is 0.456. The fraction of sp³-hybridized carbons (Fsp3) is 0.320. The molecule has 1 aliphatic rings. The van der Waals surface area contributed by atoms with Gasteiger partial charge in [-0.25, -0.2) is 4.98 Å². The Morgan fingerprint density at radius 3 is 2.42 bits per heavy atom. The van der Waals surface area contributed by atoms with Crippen LogP contribution in [-0.4, -0.2) is 21.0 Å².